The van der Waals surface area contributed by atoms with Gasteiger partial charge in [0.1, 0.15) is 11.6 Å². The van der Waals surface area contributed by atoms with Crippen LogP contribution in [0.4, 0.5) is 4.39 Å². The van der Waals surface area contributed by atoms with Gasteiger partial charge in [-0.15, -0.1) is 0 Å². The summed E-state index contributed by atoms with van der Waals surface area (Å²) in [4.78, 5) is 12.1. The minimum Gasteiger partial charge on any atom is -0.299 e. The van der Waals surface area contributed by atoms with E-state index < -0.39 is 0 Å². The van der Waals surface area contributed by atoms with Crippen LogP contribution in [0.3, 0.4) is 0 Å². The Morgan fingerprint density at radius 3 is 2.55 bits per heavy atom. The number of Topliss-reactive ketones (excluding diaryl/α,β-unsaturated/α-hetero) is 1. The number of rotatable bonds is 4. The highest BCUT2D eigenvalue weighted by Crippen LogP contribution is 2.17. The third-order valence-corrected chi connectivity index (χ3v) is 3.67. The van der Waals surface area contributed by atoms with Crippen LogP contribution in [0.5, 0.6) is 0 Å². The molecule has 0 atom stereocenters. The molecule has 0 saturated carbocycles. The summed E-state index contributed by atoms with van der Waals surface area (Å²) in [6.07, 6.45) is 0.644. The van der Waals surface area contributed by atoms with Gasteiger partial charge in [0.25, 0.3) is 0 Å². The van der Waals surface area contributed by atoms with Crippen molar-refractivity contribution in [2.45, 2.75) is 26.7 Å². The van der Waals surface area contributed by atoms with Gasteiger partial charge in [-0.25, -0.2) is 4.39 Å². The molecule has 3 heteroatoms. The molecule has 0 heterocycles. The molecule has 0 aliphatic carbocycles. The van der Waals surface area contributed by atoms with Crippen molar-refractivity contribution in [3.63, 3.8) is 0 Å². The first-order chi connectivity index (χ1) is 9.44. The molecule has 2 rings (SSSR count). The van der Waals surface area contributed by atoms with Gasteiger partial charge in [-0.05, 0) is 48.7 Å². The molecule has 0 aliphatic heterocycles. The third kappa shape index (κ3) is 4.01. The zero-order chi connectivity index (χ0) is 14.7. The van der Waals surface area contributed by atoms with E-state index in [2.05, 4.69) is 15.9 Å². The van der Waals surface area contributed by atoms with Crippen molar-refractivity contribution in [2.75, 3.05) is 0 Å². The molecule has 2 aromatic carbocycles. The molecule has 104 valence electrons. The molecular weight excluding hydrogens is 319 g/mol. The Morgan fingerprint density at radius 2 is 1.85 bits per heavy atom. The van der Waals surface area contributed by atoms with Crippen molar-refractivity contribution in [3.8, 4) is 0 Å². The number of carbonyl (C=O) groups excluding carboxylic acids is 1. The smallest absolute Gasteiger partial charge is 0.141 e. The van der Waals surface area contributed by atoms with Crippen LogP contribution in [0.25, 0.3) is 0 Å². The van der Waals surface area contributed by atoms with Crippen molar-refractivity contribution in [1.82, 2.24) is 0 Å². The summed E-state index contributed by atoms with van der Waals surface area (Å²) < 4.78 is 13.9. The summed E-state index contributed by atoms with van der Waals surface area (Å²) in [5, 5.41) is 0. The maximum Gasteiger partial charge on any atom is 0.141 e. The van der Waals surface area contributed by atoms with E-state index in [1.807, 2.05) is 32.0 Å². The van der Waals surface area contributed by atoms with Gasteiger partial charge < -0.3 is 0 Å². The minimum atomic E-state index is -0.325. The monoisotopic (exact) mass is 334 g/mol. The van der Waals surface area contributed by atoms with Crippen LogP contribution >= 0.6 is 15.9 Å². The van der Waals surface area contributed by atoms with Gasteiger partial charge in [0.05, 0.1) is 0 Å². The van der Waals surface area contributed by atoms with Gasteiger partial charge in [-0.1, -0.05) is 39.7 Å². The van der Waals surface area contributed by atoms with E-state index in [9.17, 15) is 9.18 Å². The van der Waals surface area contributed by atoms with E-state index in [-0.39, 0.29) is 18.0 Å². The van der Waals surface area contributed by atoms with E-state index in [1.54, 1.807) is 6.07 Å². The van der Waals surface area contributed by atoms with Crippen molar-refractivity contribution < 1.29 is 9.18 Å². The van der Waals surface area contributed by atoms with Gasteiger partial charge in [-0.3, -0.25) is 4.79 Å². The third-order valence-electron chi connectivity index (χ3n) is 3.22. The van der Waals surface area contributed by atoms with E-state index in [0.29, 0.717) is 16.5 Å². The van der Waals surface area contributed by atoms with E-state index >= 15 is 0 Å². The largest absolute Gasteiger partial charge is 0.299 e. The van der Waals surface area contributed by atoms with Crippen LogP contribution in [0.1, 0.15) is 22.3 Å². The van der Waals surface area contributed by atoms with E-state index in [1.165, 1.54) is 12.1 Å². The molecule has 1 nitrogen and oxygen atoms in total. The topological polar surface area (TPSA) is 17.1 Å². The fraction of sp³-hybridized carbons (Fsp3) is 0.235. The maximum absolute atomic E-state index is 13.3. The lowest BCUT2D eigenvalue weighted by Crippen LogP contribution is -2.08. The normalized spacial score (nSPS) is 10.6. The molecule has 20 heavy (non-hydrogen) atoms. The predicted molar refractivity (Wildman–Crippen MR) is 82.4 cm³/mol. The molecule has 0 bridgehead atoms. The Hall–Kier alpha value is -1.48. The summed E-state index contributed by atoms with van der Waals surface area (Å²) in [5.74, 6) is -0.231. The molecule has 0 N–H and O–H groups in total. The van der Waals surface area contributed by atoms with Gasteiger partial charge in [0.15, 0.2) is 0 Å². The predicted octanol–water partition coefficient (Wildman–Crippen LogP) is 4.56. The SMILES string of the molecule is Cc1ccc(C)c(CC(=O)Cc2cc(F)cc(Br)c2)c1. The van der Waals surface area contributed by atoms with Crippen LogP contribution in [-0.4, -0.2) is 5.78 Å². The average molecular weight is 335 g/mol. The molecule has 0 unspecified atom stereocenters. The van der Waals surface area contributed by atoms with Crippen LogP contribution in [0.2, 0.25) is 0 Å². The molecule has 0 spiro atoms. The van der Waals surface area contributed by atoms with E-state index in [0.717, 1.165) is 16.7 Å². The van der Waals surface area contributed by atoms with Gasteiger partial charge >= 0.3 is 0 Å². The molecule has 2 aromatic rings. The lowest BCUT2D eigenvalue weighted by atomic mass is 9.98. The fourth-order valence-corrected chi connectivity index (χ4v) is 2.72. The van der Waals surface area contributed by atoms with Crippen LogP contribution in [0.15, 0.2) is 40.9 Å². The lowest BCUT2D eigenvalue weighted by molar-refractivity contribution is -0.117. The standard InChI is InChI=1S/C17H16BrFO/c1-11-3-4-12(2)14(5-11)9-17(20)8-13-6-15(18)10-16(19)7-13/h3-7,10H,8-9H2,1-2H3. The summed E-state index contributed by atoms with van der Waals surface area (Å²) in [6.45, 7) is 4.01. The van der Waals surface area contributed by atoms with Crippen molar-refractivity contribution in [2.24, 2.45) is 0 Å². The second kappa shape index (κ2) is 6.31. The lowest BCUT2D eigenvalue weighted by Gasteiger charge is -2.07. The second-order valence-corrected chi connectivity index (χ2v) is 6.02. The number of halogens is 2. The number of benzene rings is 2. The van der Waals surface area contributed by atoms with Crippen molar-refractivity contribution in [1.29, 1.82) is 0 Å². The number of ketones is 1. The van der Waals surface area contributed by atoms with Gasteiger partial charge in [0.2, 0.25) is 0 Å². The van der Waals surface area contributed by atoms with Crippen LogP contribution in [0, 0.1) is 19.7 Å². The highest BCUT2D eigenvalue weighted by Gasteiger charge is 2.09. The van der Waals surface area contributed by atoms with Crippen LogP contribution < -0.4 is 0 Å². The van der Waals surface area contributed by atoms with E-state index in [4.69, 9.17) is 0 Å². The summed E-state index contributed by atoms with van der Waals surface area (Å²) in [7, 11) is 0. The number of aryl methyl sites for hydroxylation is 2. The van der Waals surface area contributed by atoms with Gasteiger partial charge in [-0.2, -0.15) is 0 Å². The zero-order valence-corrected chi connectivity index (χ0v) is 13.1. The minimum absolute atomic E-state index is 0.0937. The fourth-order valence-electron chi connectivity index (χ4n) is 2.21. The summed E-state index contributed by atoms with van der Waals surface area (Å²) in [5.41, 5.74) is 4.01. The van der Waals surface area contributed by atoms with Crippen LogP contribution in [-0.2, 0) is 17.6 Å². The Bertz CT molecular complexity index is 629. The quantitative estimate of drug-likeness (QED) is 0.801. The molecule has 0 aliphatic rings. The highest BCUT2D eigenvalue weighted by molar-refractivity contribution is 9.10. The zero-order valence-electron chi connectivity index (χ0n) is 11.5. The molecule has 0 amide bonds. The first-order valence-electron chi connectivity index (χ1n) is 6.47. The average Bonchev–Trinajstić information content (AvgIpc) is 2.32. The first kappa shape index (κ1) is 14.9. The van der Waals surface area contributed by atoms with Crippen molar-refractivity contribution in [3.05, 3.63) is 68.9 Å². The maximum atomic E-state index is 13.3. The Morgan fingerprint density at radius 1 is 1.10 bits per heavy atom. The molecular formula is C17H16BrFO. The first-order valence-corrected chi connectivity index (χ1v) is 7.26. The number of hydrogen-bond acceptors (Lipinski definition) is 1. The van der Waals surface area contributed by atoms with Gasteiger partial charge in [0, 0.05) is 17.3 Å². The Balaban J connectivity index is 2.11. The van der Waals surface area contributed by atoms with Crippen molar-refractivity contribution >= 4 is 21.7 Å². The summed E-state index contributed by atoms with van der Waals surface area (Å²) in [6, 6.07) is 10.7. The molecule has 0 radical (unpaired) electrons. The second-order valence-electron chi connectivity index (χ2n) is 5.10. The molecule has 0 fully saturated rings. The molecule has 0 saturated heterocycles. The highest BCUT2D eigenvalue weighted by atomic mass is 79.9. The Labute approximate surface area is 127 Å². The molecule has 0 aromatic heterocycles. The summed E-state index contributed by atoms with van der Waals surface area (Å²) >= 11 is 3.24. The number of carbonyl (C=O) groups is 1. The number of hydrogen-bond donors (Lipinski definition) is 0. The Kier molecular flexibility index (Phi) is 4.71.